The van der Waals surface area contributed by atoms with E-state index in [0.717, 1.165) is 10.0 Å². The van der Waals surface area contributed by atoms with Gasteiger partial charge in [0, 0.05) is 22.2 Å². The van der Waals surface area contributed by atoms with Crippen LogP contribution in [0.15, 0.2) is 58.2 Å². The van der Waals surface area contributed by atoms with Gasteiger partial charge in [0.15, 0.2) is 0 Å². The largest absolute Gasteiger partial charge is 0.388 e. The van der Waals surface area contributed by atoms with Crippen molar-refractivity contribution in [3.05, 3.63) is 74.2 Å². The fourth-order valence-corrected chi connectivity index (χ4v) is 1.95. The van der Waals surface area contributed by atoms with Gasteiger partial charge in [-0.2, -0.15) is 0 Å². The van der Waals surface area contributed by atoms with Crippen LogP contribution >= 0.6 is 15.9 Å². The van der Waals surface area contributed by atoms with Gasteiger partial charge in [-0.3, -0.25) is 10.1 Å². The molecule has 0 aromatic heterocycles. The zero-order valence-corrected chi connectivity index (χ0v) is 12.9. The van der Waals surface area contributed by atoms with Gasteiger partial charge in [-0.1, -0.05) is 45.4 Å². The van der Waals surface area contributed by atoms with E-state index in [0.29, 0.717) is 5.56 Å². The molecule has 6 heteroatoms. The van der Waals surface area contributed by atoms with Crippen molar-refractivity contribution >= 4 is 27.8 Å². The van der Waals surface area contributed by atoms with E-state index in [9.17, 15) is 10.1 Å². The summed E-state index contributed by atoms with van der Waals surface area (Å²) in [5.41, 5.74) is 1.65. The van der Waals surface area contributed by atoms with E-state index >= 15 is 0 Å². The van der Waals surface area contributed by atoms with E-state index in [-0.39, 0.29) is 11.8 Å². The highest BCUT2D eigenvalue weighted by Crippen LogP contribution is 2.21. The summed E-state index contributed by atoms with van der Waals surface area (Å²) in [5.74, 6) is 0. The average molecular weight is 349 g/mol. The third-order valence-corrected chi connectivity index (χ3v) is 3.37. The third-order valence-electron chi connectivity index (χ3n) is 2.84. The minimum absolute atomic E-state index is 0.0415. The molecule has 0 saturated heterocycles. The second-order valence-corrected chi connectivity index (χ2v) is 5.30. The van der Waals surface area contributed by atoms with Crippen molar-refractivity contribution in [2.24, 2.45) is 5.16 Å². The summed E-state index contributed by atoms with van der Waals surface area (Å²) in [6.07, 6.45) is 1.23. The van der Waals surface area contributed by atoms with Crippen LogP contribution in [0, 0.1) is 10.1 Å². The van der Waals surface area contributed by atoms with Crippen LogP contribution in [-0.2, 0) is 4.84 Å². The highest BCUT2D eigenvalue weighted by atomic mass is 79.9. The van der Waals surface area contributed by atoms with Crippen molar-refractivity contribution in [2.75, 3.05) is 0 Å². The monoisotopic (exact) mass is 348 g/mol. The van der Waals surface area contributed by atoms with E-state index < -0.39 is 4.92 Å². The molecule has 0 bridgehead atoms. The fraction of sp³-hybridized carbons (Fsp3) is 0.133. The molecule has 0 aliphatic heterocycles. The number of nitro groups is 1. The number of non-ortho nitro benzene ring substituents is 1. The molecule has 1 atom stereocenters. The predicted octanol–water partition coefficient (Wildman–Crippen LogP) is 4.47. The third kappa shape index (κ3) is 4.39. The average Bonchev–Trinajstić information content (AvgIpc) is 2.49. The van der Waals surface area contributed by atoms with Crippen molar-refractivity contribution in [3.8, 4) is 0 Å². The standard InChI is InChI=1S/C15H13BrN2O3/c1-11(13-3-2-4-15(9-13)18(19)20)21-17-10-12-5-7-14(16)8-6-12/h2-11H,1H3/b17-10-/t11-/m0/s1. The fourth-order valence-electron chi connectivity index (χ4n) is 1.68. The number of nitrogens with zero attached hydrogens (tertiary/aromatic N) is 2. The van der Waals surface area contributed by atoms with Crippen LogP contribution in [0.5, 0.6) is 0 Å². The van der Waals surface area contributed by atoms with Crippen LogP contribution in [0.1, 0.15) is 24.2 Å². The zero-order chi connectivity index (χ0) is 15.2. The van der Waals surface area contributed by atoms with Crippen molar-refractivity contribution in [1.82, 2.24) is 0 Å². The number of benzene rings is 2. The Morgan fingerprint density at radius 1 is 1.29 bits per heavy atom. The van der Waals surface area contributed by atoms with Gasteiger partial charge in [0.25, 0.3) is 5.69 Å². The lowest BCUT2D eigenvalue weighted by Crippen LogP contribution is -1.97. The summed E-state index contributed by atoms with van der Waals surface area (Å²) in [7, 11) is 0. The second kappa shape index (κ2) is 6.99. The number of halogens is 1. The maximum Gasteiger partial charge on any atom is 0.269 e. The van der Waals surface area contributed by atoms with Crippen LogP contribution in [0.2, 0.25) is 0 Å². The molecule has 0 saturated carbocycles. The lowest BCUT2D eigenvalue weighted by Gasteiger charge is -2.09. The van der Waals surface area contributed by atoms with Gasteiger partial charge >= 0.3 is 0 Å². The summed E-state index contributed by atoms with van der Waals surface area (Å²) < 4.78 is 0.991. The number of rotatable bonds is 5. The lowest BCUT2D eigenvalue weighted by atomic mass is 10.1. The number of nitro benzene ring substituents is 1. The number of hydrogen-bond acceptors (Lipinski definition) is 4. The van der Waals surface area contributed by atoms with Crippen LogP contribution < -0.4 is 0 Å². The first kappa shape index (κ1) is 15.2. The predicted molar refractivity (Wildman–Crippen MR) is 84.3 cm³/mol. The molecule has 0 aliphatic carbocycles. The number of oxime groups is 1. The minimum atomic E-state index is -0.429. The van der Waals surface area contributed by atoms with Crippen LogP contribution in [-0.4, -0.2) is 11.1 Å². The normalized spacial score (nSPS) is 12.3. The van der Waals surface area contributed by atoms with Gasteiger partial charge in [0.2, 0.25) is 0 Å². The Labute approximate surface area is 130 Å². The molecule has 0 spiro atoms. The van der Waals surface area contributed by atoms with Gasteiger partial charge in [-0.25, -0.2) is 0 Å². The van der Waals surface area contributed by atoms with Gasteiger partial charge < -0.3 is 4.84 Å². The first-order chi connectivity index (χ1) is 10.1. The summed E-state index contributed by atoms with van der Waals surface area (Å²) in [6.45, 7) is 1.79. The molecule has 5 nitrogen and oxygen atoms in total. The molecule has 0 N–H and O–H groups in total. The Balaban J connectivity index is 2.01. The van der Waals surface area contributed by atoms with Crippen molar-refractivity contribution in [2.45, 2.75) is 13.0 Å². The van der Waals surface area contributed by atoms with Crippen LogP contribution in [0.4, 0.5) is 5.69 Å². The molecule has 2 rings (SSSR count). The van der Waals surface area contributed by atoms with Crippen molar-refractivity contribution in [1.29, 1.82) is 0 Å². The molecule has 0 unspecified atom stereocenters. The maximum atomic E-state index is 10.7. The number of hydrogen-bond donors (Lipinski definition) is 0. The lowest BCUT2D eigenvalue weighted by molar-refractivity contribution is -0.385. The highest BCUT2D eigenvalue weighted by Gasteiger charge is 2.11. The van der Waals surface area contributed by atoms with Gasteiger partial charge in [0.1, 0.15) is 6.10 Å². The van der Waals surface area contributed by atoms with Crippen molar-refractivity contribution in [3.63, 3.8) is 0 Å². The molecule has 0 fully saturated rings. The summed E-state index contributed by atoms with van der Waals surface area (Å²) in [4.78, 5) is 15.6. The van der Waals surface area contributed by atoms with Crippen LogP contribution in [0.3, 0.4) is 0 Å². The SMILES string of the molecule is C[C@H](O/N=C\c1ccc(Br)cc1)c1cccc([N+](=O)[O-])c1. The zero-order valence-electron chi connectivity index (χ0n) is 11.3. The van der Waals surface area contributed by atoms with Crippen molar-refractivity contribution < 1.29 is 9.76 Å². The molecule has 2 aromatic carbocycles. The Kier molecular flexibility index (Phi) is 5.05. The van der Waals surface area contributed by atoms with E-state index in [1.807, 2.05) is 24.3 Å². The minimum Gasteiger partial charge on any atom is -0.388 e. The first-order valence-electron chi connectivity index (χ1n) is 6.25. The summed E-state index contributed by atoms with van der Waals surface area (Å²) >= 11 is 3.36. The van der Waals surface area contributed by atoms with E-state index in [4.69, 9.17) is 4.84 Å². The molecule has 0 heterocycles. The Bertz CT molecular complexity index is 656. The quantitative estimate of drug-likeness (QED) is 0.454. The molecular weight excluding hydrogens is 336 g/mol. The van der Waals surface area contributed by atoms with Gasteiger partial charge in [0.05, 0.1) is 11.1 Å². The summed E-state index contributed by atoms with van der Waals surface area (Å²) in [6, 6.07) is 13.9. The van der Waals surface area contributed by atoms with Gasteiger partial charge in [-0.15, -0.1) is 0 Å². The highest BCUT2D eigenvalue weighted by molar-refractivity contribution is 9.10. The molecule has 21 heavy (non-hydrogen) atoms. The summed E-state index contributed by atoms with van der Waals surface area (Å²) in [5, 5.41) is 14.6. The Hall–Kier alpha value is -2.21. The van der Waals surface area contributed by atoms with Crippen LogP contribution in [0.25, 0.3) is 0 Å². The Morgan fingerprint density at radius 2 is 2.00 bits per heavy atom. The molecule has 2 aromatic rings. The van der Waals surface area contributed by atoms with E-state index in [1.54, 1.807) is 25.3 Å². The molecule has 0 aliphatic rings. The molecular formula is C15H13BrN2O3. The molecule has 0 radical (unpaired) electrons. The molecule has 108 valence electrons. The first-order valence-corrected chi connectivity index (χ1v) is 7.04. The Morgan fingerprint density at radius 3 is 2.67 bits per heavy atom. The maximum absolute atomic E-state index is 10.7. The van der Waals surface area contributed by atoms with Gasteiger partial charge in [-0.05, 0) is 24.6 Å². The second-order valence-electron chi connectivity index (χ2n) is 4.39. The smallest absolute Gasteiger partial charge is 0.269 e. The van der Waals surface area contributed by atoms with E-state index in [2.05, 4.69) is 21.1 Å². The molecule has 0 amide bonds. The topological polar surface area (TPSA) is 64.7 Å². The van der Waals surface area contributed by atoms with E-state index in [1.165, 1.54) is 12.1 Å².